The molecule has 1 aromatic carbocycles. The Morgan fingerprint density at radius 2 is 1.72 bits per heavy atom. The van der Waals surface area contributed by atoms with Crippen molar-refractivity contribution in [1.29, 1.82) is 0 Å². The first-order valence-electron chi connectivity index (χ1n) is 7.51. The lowest BCUT2D eigenvalue weighted by molar-refractivity contribution is -0.870. The molecular weight excluding hydrogens is 348 g/mol. The van der Waals surface area contributed by atoms with E-state index in [0.717, 1.165) is 11.0 Å². The van der Waals surface area contributed by atoms with Gasteiger partial charge in [-0.05, 0) is 18.2 Å². The van der Waals surface area contributed by atoms with Crippen LogP contribution in [-0.4, -0.2) is 59.1 Å². The number of benzene rings is 1. The van der Waals surface area contributed by atoms with E-state index in [1.165, 1.54) is 12.1 Å². The van der Waals surface area contributed by atoms with E-state index >= 15 is 0 Å². The number of halogens is 1. The molecule has 25 heavy (non-hydrogen) atoms. The third kappa shape index (κ3) is 4.36. The van der Waals surface area contributed by atoms with Gasteiger partial charge in [-0.3, -0.25) is 24.6 Å². The number of aliphatic hydroxyl groups excluding tert-OH is 1. The Labute approximate surface area is 147 Å². The molecule has 0 spiro atoms. The molecule has 3 rings (SSSR count). The van der Waals surface area contributed by atoms with Crippen LogP contribution < -0.4 is 16.5 Å². The fourth-order valence-electron chi connectivity index (χ4n) is 2.19. The normalized spacial score (nSPS) is 11.4. The molecule has 134 valence electrons. The van der Waals surface area contributed by atoms with Gasteiger partial charge < -0.3 is 14.6 Å². The summed E-state index contributed by atoms with van der Waals surface area (Å²) >= 11 is 5.82. The predicted molar refractivity (Wildman–Crippen MR) is 98.3 cm³/mol. The van der Waals surface area contributed by atoms with E-state index in [1.807, 2.05) is 0 Å². The number of nitrogens with zero attached hydrogens (tertiary/aromatic N) is 1. The van der Waals surface area contributed by atoms with Gasteiger partial charge in [-0.15, -0.1) is 0 Å². The van der Waals surface area contributed by atoms with Crippen molar-refractivity contribution >= 4 is 33.4 Å². The van der Waals surface area contributed by atoms with E-state index in [-0.39, 0.29) is 17.5 Å². The van der Waals surface area contributed by atoms with Crippen molar-refractivity contribution in [3.63, 3.8) is 0 Å². The molecule has 0 unspecified atom stereocenters. The number of aliphatic hydroxyl groups is 1. The maximum Gasteiger partial charge on any atom is 0.287 e. The second-order valence-corrected chi connectivity index (χ2v) is 6.98. The number of quaternary nitrogens is 1. The average molecular weight is 368 g/mol. The second kappa shape index (κ2) is 7.22. The number of nitrogens with one attached hydrogen (secondary N) is 3. The van der Waals surface area contributed by atoms with Crippen molar-refractivity contribution in [1.82, 2.24) is 15.2 Å². The molecule has 0 atom stereocenters. The standard InChI is InChI=1S/C11H6ClN3O3.C5H14NO/c12-4-1-2-5-6(3-4)13-8-7(9(5)16)10(17)14-15-11(8)18;1-6(2,3)4-5-7/h1-3H,(H,13,16)(H,14,17)(H,15,18);7H,4-5H2,1-3H3/q;+1. The van der Waals surface area contributed by atoms with Crippen molar-refractivity contribution in [3.8, 4) is 0 Å². The van der Waals surface area contributed by atoms with Gasteiger partial charge in [-0.2, -0.15) is 0 Å². The third-order valence-corrected chi connectivity index (χ3v) is 3.71. The SMILES string of the molecule is C[N+](C)(C)CCO.O=c1[nH][nH]c(=O)c2c(=O)c3ccc(Cl)cc3[nH]c12. The summed E-state index contributed by atoms with van der Waals surface area (Å²) in [6, 6.07) is 4.58. The van der Waals surface area contributed by atoms with Crippen LogP contribution in [0.2, 0.25) is 5.02 Å². The van der Waals surface area contributed by atoms with E-state index in [0.29, 0.717) is 15.9 Å². The highest BCUT2D eigenvalue weighted by molar-refractivity contribution is 6.31. The molecule has 2 heterocycles. The minimum Gasteiger partial charge on any atom is -0.391 e. The predicted octanol–water partition coefficient (Wildman–Crippen LogP) is 0.396. The smallest absolute Gasteiger partial charge is 0.287 e. The number of fused-ring (bicyclic) bond motifs is 2. The summed E-state index contributed by atoms with van der Waals surface area (Å²) in [6.45, 7) is 1.11. The molecule has 0 saturated carbocycles. The largest absolute Gasteiger partial charge is 0.391 e. The van der Waals surface area contributed by atoms with Crippen molar-refractivity contribution in [3.05, 3.63) is 54.2 Å². The highest BCUT2D eigenvalue weighted by Crippen LogP contribution is 2.15. The Bertz CT molecular complexity index is 1080. The molecule has 2 aromatic heterocycles. The number of aromatic amines is 3. The number of pyridine rings is 1. The number of rotatable bonds is 2. The third-order valence-electron chi connectivity index (χ3n) is 3.48. The topological polar surface area (TPSA) is 119 Å². The molecule has 3 aromatic rings. The van der Waals surface area contributed by atoms with Crippen molar-refractivity contribution in [2.45, 2.75) is 0 Å². The summed E-state index contributed by atoms with van der Waals surface area (Å²) < 4.78 is 0.844. The van der Waals surface area contributed by atoms with Crippen LogP contribution in [0, 0.1) is 0 Å². The molecule has 8 nitrogen and oxygen atoms in total. The van der Waals surface area contributed by atoms with Crippen molar-refractivity contribution in [2.24, 2.45) is 0 Å². The van der Waals surface area contributed by atoms with Gasteiger partial charge in [0, 0.05) is 10.4 Å². The van der Waals surface area contributed by atoms with E-state index < -0.39 is 16.5 Å². The van der Waals surface area contributed by atoms with Gasteiger partial charge in [-0.1, -0.05) is 11.6 Å². The van der Waals surface area contributed by atoms with Gasteiger partial charge in [0.1, 0.15) is 17.4 Å². The van der Waals surface area contributed by atoms with Gasteiger partial charge >= 0.3 is 0 Å². The highest BCUT2D eigenvalue weighted by Gasteiger charge is 2.11. The monoisotopic (exact) mass is 367 g/mol. The van der Waals surface area contributed by atoms with E-state index in [4.69, 9.17) is 16.7 Å². The van der Waals surface area contributed by atoms with Crippen LogP contribution in [-0.2, 0) is 0 Å². The maximum atomic E-state index is 12.1. The Balaban J connectivity index is 0.000000277. The average Bonchev–Trinajstić information content (AvgIpc) is 2.50. The van der Waals surface area contributed by atoms with Crippen LogP contribution in [0.3, 0.4) is 0 Å². The summed E-state index contributed by atoms with van der Waals surface area (Å²) in [5.74, 6) is 0. The maximum absolute atomic E-state index is 12.1. The van der Waals surface area contributed by atoms with Crippen molar-refractivity contribution < 1.29 is 9.59 Å². The van der Waals surface area contributed by atoms with Gasteiger partial charge in [0.15, 0.2) is 0 Å². The van der Waals surface area contributed by atoms with E-state index in [1.54, 1.807) is 6.07 Å². The summed E-state index contributed by atoms with van der Waals surface area (Å²) in [6.07, 6.45) is 0. The van der Waals surface area contributed by atoms with E-state index in [9.17, 15) is 14.4 Å². The van der Waals surface area contributed by atoms with Gasteiger partial charge in [0.05, 0.1) is 33.3 Å². The molecule has 0 fully saturated rings. The molecule has 0 amide bonds. The van der Waals surface area contributed by atoms with Crippen LogP contribution in [0.4, 0.5) is 0 Å². The lowest BCUT2D eigenvalue weighted by Gasteiger charge is -2.21. The minimum absolute atomic E-state index is 0.0569. The fourth-order valence-corrected chi connectivity index (χ4v) is 2.36. The first kappa shape index (κ1) is 18.9. The van der Waals surface area contributed by atoms with Crippen LogP contribution in [0.25, 0.3) is 21.8 Å². The van der Waals surface area contributed by atoms with Crippen LogP contribution >= 0.6 is 11.6 Å². The van der Waals surface area contributed by atoms with Gasteiger partial charge in [0.2, 0.25) is 5.43 Å². The lowest BCUT2D eigenvalue weighted by Crippen LogP contribution is -2.36. The molecule has 0 bridgehead atoms. The number of aromatic nitrogens is 3. The fraction of sp³-hybridized carbons (Fsp3) is 0.312. The molecule has 0 saturated heterocycles. The van der Waals surface area contributed by atoms with Crippen molar-refractivity contribution in [2.75, 3.05) is 34.3 Å². The minimum atomic E-state index is -0.636. The van der Waals surface area contributed by atoms with Gasteiger partial charge in [0.25, 0.3) is 11.1 Å². The summed E-state index contributed by atoms with van der Waals surface area (Å²) in [5, 5.41) is 13.2. The molecule has 4 N–H and O–H groups in total. The Kier molecular flexibility index (Phi) is 5.46. The summed E-state index contributed by atoms with van der Waals surface area (Å²) in [5.41, 5.74) is -1.34. The summed E-state index contributed by atoms with van der Waals surface area (Å²) in [7, 11) is 6.16. The zero-order valence-electron chi connectivity index (χ0n) is 14.1. The van der Waals surface area contributed by atoms with E-state index in [2.05, 4.69) is 36.3 Å². The zero-order chi connectivity index (χ0) is 18.8. The molecule has 0 aliphatic carbocycles. The number of hydrogen-bond acceptors (Lipinski definition) is 4. The number of likely N-dealkylation sites (N-methyl/N-ethyl adjacent to an activating group) is 1. The molecule has 0 radical (unpaired) electrons. The first-order chi connectivity index (χ1) is 11.6. The quantitative estimate of drug-likeness (QED) is 0.387. The number of H-pyrrole nitrogens is 3. The Hall–Kier alpha value is -2.42. The molecule has 9 heteroatoms. The lowest BCUT2D eigenvalue weighted by atomic mass is 10.1. The first-order valence-corrected chi connectivity index (χ1v) is 7.89. The second-order valence-electron chi connectivity index (χ2n) is 6.54. The van der Waals surface area contributed by atoms with Crippen LogP contribution in [0.15, 0.2) is 32.6 Å². The molecule has 0 aliphatic rings. The highest BCUT2D eigenvalue weighted by atomic mass is 35.5. The zero-order valence-corrected chi connectivity index (χ0v) is 14.9. The number of hydrogen-bond donors (Lipinski definition) is 4. The molecule has 0 aliphatic heterocycles. The van der Waals surface area contributed by atoms with Crippen LogP contribution in [0.1, 0.15) is 0 Å². The summed E-state index contributed by atoms with van der Waals surface area (Å²) in [4.78, 5) is 38.1. The molecular formula is C16H20ClN4O4+. The Morgan fingerprint density at radius 1 is 1.08 bits per heavy atom. The Morgan fingerprint density at radius 3 is 2.28 bits per heavy atom. The van der Waals surface area contributed by atoms with Gasteiger partial charge in [-0.25, -0.2) is 0 Å². The van der Waals surface area contributed by atoms with Crippen LogP contribution in [0.5, 0.6) is 0 Å².